The Morgan fingerprint density at radius 3 is 2.37 bits per heavy atom. The van der Waals surface area contributed by atoms with Gasteiger partial charge in [-0.05, 0) is 43.3 Å². The Balaban J connectivity index is 2.48. The summed E-state index contributed by atoms with van der Waals surface area (Å²) in [5, 5.41) is 4.03. The number of nitrogens with one attached hydrogen (secondary N) is 2. The molecule has 0 saturated carbocycles. The lowest BCUT2D eigenvalue weighted by Crippen LogP contribution is -2.69. The maximum Gasteiger partial charge on any atom is 0.441 e. The van der Waals surface area contributed by atoms with E-state index in [2.05, 4.69) is 9.72 Å². The maximum absolute atomic E-state index is 14.0. The van der Waals surface area contributed by atoms with Crippen molar-refractivity contribution < 1.29 is 27.5 Å². The zero-order valence-electron chi connectivity index (χ0n) is 14.0. The monoisotopic (exact) mass is 401 g/mol. The molecule has 1 heterocycles. The van der Waals surface area contributed by atoms with Crippen molar-refractivity contribution in [1.29, 1.82) is 0 Å². The molecular weight excluding hydrogens is 387 g/mol. The average Bonchev–Trinajstić information content (AvgIpc) is 2.62. The molecule has 0 radical (unpaired) electrons. The van der Waals surface area contributed by atoms with Crippen LogP contribution < -0.4 is 10.6 Å². The minimum Gasteiger partial charge on any atom is -0.463 e. The van der Waals surface area contributed by atoms with Gasteiger partial charge in [0.05, 0.1) is 12.2 Å². The normalized spacial score (nSPS) is 13.4. The number of hydrogen-bond donors (Lipinski definition) is 2. The smallest absolute Gasteiger partial charge is 0.441 e. The van der Waals surface area contributed by atoms with Gasteiger partial charge in [0.15, 0.2) is 0 Å². The second kappa shape index (κ2) is 8.26. The van der Waals surface area contributed by atoms with Gasteiger partial charge in [0.1, 0.15) is 0 Å². The van der Waals surface area contributed by atoms with E-state index in [4.69, 9.17) is 11.6 Å². The minimum atomic E-state index is -5.23. The number of pyridine rings is 1. The number of alkyl halides is 3. The first kappa shape index (κ1) is 20.5. The average molecular weight is 402 g/mol. The fourth-order valence-electron chi connectivity index (χ4n) is 2.12. The molecule has 6 nitrogen and oxygen atoms in total. The third kappa shape index (κ3) is 4.68. The number of anilines is 1. The van der Waals surface area contributed by atoms with Gasteiger partial charge in [-0.25, -0.2) is 4.79 Å². The summed E-state index contributed by atoms with van der Waals surface area (Å²) in [5.74, 6) is -2.86. The second-order valence-corrected chi connectivity index (χ2v) is 5.73. The van der Waals surface area contributed by atoms with Gasteiger partial charge in [0.25, 0.3) is 5.91 Å². The van der Waals surface area contributed by atoms with Crippen LogP contribution in [-0.4, -0.2) is 35.3 Å². The molecule has 0 bridgehead atoms. The predicted molar refractivity (Wildman–Crippen MR) is 92.2 cm³/mol. The van der Waals surface area contributed by atoms with E-state index in [1.807, 2.05) is 5.32 Å². The van der Waals surface area contributed by atoms with E-state index in [1.54, 1.807) is 5.32 Å². The van der Waals surface area contributed by atoms with Crippen LogP contribution in [0.3, 0.4) is 0 Å². The Morgan fingerprint density at radius 2 is 1.85 bits per heavy atom. The van der Waals surface area contributed by atoms with Gasteiger partial charge < -0.3 is 15.4 Å². The van der Waals surface area contributed by atoms with Gasteiger partial charge in [0, 0.05) is 23.1 Å². The SMILES string of the molecule is CCOC(=O)[C@@](NC(=O)c1cccnc1)(Nc1ccc(Cl)cc1)C(F)(F)F. The molecule has 1 amide bonds. The van der Waals surface area contributed by atoms with Crippen LogP contribution in [0.2, 0.25) is 5.02 Å². The Labute approximate surface area is 157 Å². The van der Waals surface area contributed by atoms with E-state index in [9.17, 15) is 22.8 Å². The lowest BCUT2D eigenvalue weighted by atomic mass is 10.1. The number of aromatic nitrogens is 1. The summed E-state index contributed by atoms with van der Waals surface area (Å²) < 4.78 is 46.5. The van der Waals surface area contributed by atoms with E-state index in [0.29, 0.717) is 0 Å². The number of halogens is 4. The number of esters is 1. The van der Waals surface area contributed by atoms with Gasteiger partial charge >= 0.3 is 17.8 Å². The fourth-order valence-corrected chi connectivity index (χ4v) is 2.25. The Bertz CT molecular complexity index is 801. The van der Waals surface area contributed by atoms with Crippen LogP contribution in [0.5, 0.6) is 0 Å². The summed E-state index contributed by atoms with van der Waals surface area (Å²) in [6, 6.07) is 7.77. The topological polar surface area (TPSA) is 80.3 Å². The first-order valence-corrected chi connectivity index (χ1v) is 8.07. The third-order valence-electron chi connectivity index (χ3n) is 3.41. The van der Waals surface area contributed by atoms with Crippen molar-refractivity contribution in [3.8, 4) is 0 Å². The summed E-state index contributed by atoms with van der Waals surface area (Å²) in [6.45, 7) is 1.03. The van der Waals surface area contributed by atoms with Crippen LogP contribution in [0.1, 0.15) is 17.3 Å². The molecule has 10 heteroatoms. The maximum atomic E-state index is 14.0. The molecular formula is C17H15ClF3N3O3. The molecule has 0 fully saturated rings. The van der Waals surface area contributed by atoms with Crippen LogP contribution in [0.25, 0.3) is 0 Å². The van der Waals surface area contributed by atoms with Crippen LogP contribution >= 0.6 is 11.6 Å². The molecule has 144 valence electrons. The van der Waals surface area contributed by atoms with E-state index in [1.165, 1.54) is 49.5 Å². The zero-order chi connectivity index (χ0) is 20.1. The Kier molecular flexibility index (Phi) is 6.27. The van der Waals surface area contributed by atoms with Crippen molar-refractivity contribution in [3.63, 3.8) is 0 Å². The van der Waals surface area contributed by atoms with E-state index < -0.39 is 23.7 Å². The molecule has 0 spiro atoms. The fraction of sp³-hybridized carbons (Fsp3) is 0.235. The van der Waals surface area contributed by atoms with Crippen molar-refractivity contribution in [2.45, 2.75) is 18.8 Å². The summed E-state index contributed by atoms with van der Waals surface area (Å²) in [4.78, 5) is 28.3. The van der Waals surface area contributed by atoms with Crippen molar-refractivity contribution in [3.05, 3.63) is 59.4 Å². The number of rotatable bonds is 6. The van der Waals surface area contributed by atoms with E-state index in [-0.39, 0.29) is 22.9 Å². The Morgan fingerprint density at radius 1 is 1.19 bits per heavy atom. The number of benzene rings is 1. The zero-order valence-corrected chi connectivity index (χ0v) is 14.8. The molecule has 1 aromatic carbocycles. The quantitative estimate of drug-likeness (QED) is 0.573. The van der Waals surface area contributed by atoms with E-state index >= 15 is 0 Å². The summed E-state index contributed by atoms with van der Waals surface area (Å²) in [6.07, 6.45) is -2.80. The van der Waals surface area contributed by atoms with Gasteiger partial charge in [-0.15, -0.1) is 0 Å². The van der Waals surface area contributed by atoms with Crippen molar-refractivity contribution >= 4 is 29.2 Å². The number of carbonyl (C=O) groups excluding carboxylic acids is 2. The number of nitrogens with zero attached hydrogens (tertiary/aromatic N) is 1. The van der Waals surface area contributed by atoms with Crippen LogP contribution in [0, 0.1) is 0 Å². The van der Waals surface area contributed by atoms with Gasteiger partial charge in [-0.3, -0.25) is 9.78 Å². The number of hydrogen-bond acceptors (Lipinski definition) is 5. The van der Waals surface area contributed by atoms with Crippen molar-refractivity contribution in [2.24, 2.45) is 0 Å². The van der Waals surface area contributed by atoms with Gasteiger partial charge in [-0.2, -0.15) is 13.2 Å². The molecule has 0 aliphatic heterocycles. The molecule has 2 aromatic rings. The molecule has 0 saturated heterocycles. The summed E-state index contributed by atoms with van der Waals surface area (Å²) in [5.41, 5.74) is -3.77. The standard InChI is InChI=1S/C17H15ClF3N3O3/c1-2-27-15(26)16(17(19,20)21,23-13-7-5-12(18)6-8-13)24-14(25)11-4-3-9-22-10-11/h3-10,23H,2H2,1H3,(H,24,25)/t16-/m0/s1. The third-order valence-corrected chi connectivity index (χ3v) is 3.66. The highest BCUT2D eigenvalue weighted by Crippen LogP contribution is 2.33. The highest BCUT2D eigenvalue weighted by atomic mass is 35.5. The first-order valence-electron chi connectivity index (χ1n) is 7.70. The Hall–Kier alpha value is -2.81. The number of amides is 1. The molecule has 0 aliphatic carbocycles. The van der Waals surface area contributed by atoms with E-state index in [0.717, 1.165) is 6.20 Å². The molecule has 0 aliphatic rings. The minimum absolute atomic E-state index is 0.101. The molecule has 2 N–H and O–H groups in total. The highest BCUT2D eigenvalue weighted by molar-refractivity contribution is 6.30. The molecule has 2 rings (SSSR count). The van der Waals surface area contributed by atoms with Crippen molar-refractivity contribution in [1.82, 2.24) is 10.3 Å². The van der Waals surface area contributed by atoms with Crippen LogP contribution in [0.15, 0.2) is 48.8 Å². The molecule has 1 atom stereocenters. The molecule has 1 aromatic heterocycles. The van der Waals surface area contributed by atoms with Gasteiger partial charge in [0.2, 0.25) is 0 Å². The second-order valence-electron chi connectivity index (χ2n) is 5.30. The number of carbonyl (C=O) groups is 2. The highest BCUT2D eigenvalue weighted by Gasteiger charge is 2.63. The number of ether oxygens (including phenoxy) is 1. The summed E-state index contributed by atoms with van der Waals surface area (Å²) >= 11 is 5.73. The summed E-state index contributed by atoms with van der Waals surface area (Å²) in [7, 11) is 0. The lowest BCUT2D eigenvalue weighted by Gasteiger charge is -2.35. The van der Waals surface area contributed by atoms with Crippen LogP contribution in [0.4, 0.5) is 18.9 Å². The predicted octanol–water partition coefficient (Wildman–Crippen LogP) is 3.40. The lowest BCUT2D eigenvalue weighted by molar-refractivity contribution is -0.204. The van der Waals surface area contributed by atoms with Gasteiger partial charge in [-0.1, -0.05) is 11.6 Å². The molecule has 27 heavy (non-hydrogen) atoms. The molecule has 0 unspecified atom stereocenters. The largest absolute Gasteiger partial charge is 0.463 e. The first-order chi connectivity index (χ1) is 12.7. The van der Waals surface area contributed by atoms with Crippen LogP contribution in [-0.2, 0) is 9.53 Å². The van der Waals surface area contributed by atoms with Crippen molar-refractivity contribution in [2.75, 3.05) is 11.9 Å².